The maximum atomic E-state index is 5.18. The summed E-state index contributed by atoms with van der Waals surface area (Å²) in [5.41, 5.74) is 2.02. The molecule has 2 rings (SSSR count). The van der Waals surface area contributed by atoms with Crippen molar-refractivity contribution in [1.29, 1.82) is 0 Å². The quantitative estimate of drug-likeness (QED) is 0.899. The van der Waals surface area contributed by atoms with Gasteiger partial charge in [-0.15, -0.1) is 0 Å². The Hall–Kier alpha value is -1.43. The number of nitrogens with zero attached hydrogens (tertiary/aromatic N) is 3. The van der Waals surface area contributed by atoms with Crippen molar-refractivity contribution in [2.24, 2.45) is 0 Å². The molecule has 1 unspecified atom stereocenters. The molecule has 2 aromatic heterocycles. The summed E-state index contributed by atoms with van der Waals surface area (Å²) >= 11 is 1.40. The molecule has 0 fully saturated rings. The van der Waals surface area contributed by atoms with Gasteiger partial charge in [-0.2, -0.15) is 4.37 Å². The molecule has 0 saturated heterocycles. The molecule has 1 N–H and O–H groups in total. The van der Waals surface area contributed by atoms with Gasteiger partial charge in [-0.3, -0.25) is 0 Å². The van der Waals surface area contributed by atoms with Crippen molar-refractivity contribution in [3.05, 3.63) is 22.8 Å². The number of hydrogen-bond acceptors (Lipinski definition) is 6. The Bertz CT molecular complexity index is 500. The van der Waals surface area contributed by atoms with Crippen LogP contribution in [-0.4, -0.2) is 14.5 Å². The monoisotopic (exact) mass is 266 g/mol. The number of hydrogen-bond donors (Lipinski definition) is 1. The normalized spacial score (nSPS) is 12.7. The van der Waals surface area contributed by atoms with Crippen LogP contribution in [0.5, 0.6) is 0 Å². The summed E-state index contributed by atoms with van der Waals surface area (Å²) in [6.07, 6.45) is 1.99. The maximum absolute atomic E-state index is 5.18. The standard InChI is InChI=1S/C12H18N4OS/c1-5-6-10-14-12(18-16-10)13-7(2)11-8(3)15-17-9(11)4/h7H,5-6H2,1-4H3,(H,13,14,16). The van der Waals surface area contributed by atoms with E-state index >= 15 is 0 Å². The molecule has 0 saturated carbocycles. The average molecular weight is 266 g/mol. The van der Waals surface area contributed by atoms with E-state index in [4.69, 9.17) is 4.52 Å². The van der Waals surface area contributed by atoms with Crippen LogP contribution in [0.2, 0.25) is 0 Å². The van der Waals surface area contributed by atoms with Crippen molar-refractivity contribution in [2.75, 3.05) is 5.32 Å². The Morgan fingerprint density at radius 2 is 2.17 bits per heavy atom. The Morgan fingerprint density at radius 3 is 2.78 bits per heavy atom. The highest BCUT2D eigenvalue weighted by Crippen LogP contribution is 2.25. The van der Waals surface area contributed by atoms with Crippen LogP contribution in [-0.2, 0) is 6.42 Å². The van der Waals surface area contributed by atoms with Crippen molar-refractivity contribution in [3.63, 3.8) is 0 Å². The predicted octanol–water partition coefficient (Wildman–Crippen LogP) is 3.27. The minimum atomic E-state index is 0.124. The van der Waals surface area contributed by atoms with Gasteiger partial charge in [-0.25, -0.2) is 4.98 Å². The summed E-state index contributed by atoms with van der Waals surface area (Å²) in [6, 6.07) is 0.124. The highest BCUT2D eigenvalue weighted by atomic mass is 32.1. The van der Waals surface area contributed by atoms with Crippen LogP contribution in [0.15, 0.2) is 4.52 Å². The van der Waals surface area contributed by atoms with Crippen molar-refractivity contribution in [1.82, 2.24) is 14.5 Å². The van der Waals surface area contributed by atoms with E-state index in [0.717, 1.165) is 40.8 Å². The van der Waals surface area contributed by atoms with Crippen LogP contribution >= 0.6 is 11.5 Å². The van der Waals surface area contributed by atoms with Gasteiger partial charge in [0, 0.05) is 23.5 Å². The molecule has 0 aromatic carbocycles. The number of aryl methyl sites for hydroxylation is 3. The van der Waals surface area contributed by atoms with Crippen LogP contribution in [0, 0.1) is 13.8 Å². The fourth-order valence-corrected chi connectivity index (χ4v) is 2.70. The summed E-state index contributed by atoms with van der Waals surface area (Å²) < 4.78 is 9.49. The molecule has 0 bridgehead atoms. The minimum Gasteiger partial charge on any atom is -0.361 e. The van der Waals surface area contributed by atoms with E-state index in [1.807, 2.05) is 13.8 Å². The third kappa shape index (κ3) is 2.69. The summed E-state index contributed by atoms with van der Waals surface area (Å²) in [5, 5.41) is 8.17. The van der Waals surface area contributed by atoms with Crippen LogP contribution in [0.25, 0.3) is 0 Å². The molecule has 18 heavy (non-hydrogen) atoms. The van der Waals surface area contributed by atoms with Gasteiger partial charge in [0.2, 0.25) is 5.13 Å². The van der Waals surface area contributed by atoms with Gasteiger partial charge >= 0.3 is 0 Å². The van der Waals surface area contributed by atoms with Crippen LogP contribution in [0.1, 0.15) is 49.2 Å². The van der Waals surface area contributed by atoms with Crippen molar-refractivity contribution < 1.29 is 4.52 Å². The number of anilines is 1. The molecule has 0 radical (unpaired) electrons. The SMILES string of the molecule is CCCc1nsc(NC(C)c2c(C)noc2C)n1. The molecule has 98 valence electrons. The predicted molar refractivity (Wildman–Crippen MR) is 71.9 cm³/mol. The van der Waals surface area contributed by atoms with E-state index in [0.29, 0.717) is 0 Å². The average Bonchev–Trinajstić information content (AvgIpc) is 2.87. The first-order valence-corrected chi connectivity index (χ1v) is 6.91. The second-order valence-corrected chi connectivity index (χ2v) is 5.12. The molecule has 2 heterocycles. The van der Waals surface area contributed by atoms with E-state index in [9.17, 15) is 0 Å². The summed E-state index contributed by atoms with van der Waals surface area (Å²) in [5.74, 6) is 1.77. The van der Waals surface area contributed by atoms with E-state index < -0.39 is 0 Å². The van der Waals surface area contributed by atoms with Gasteiger partial charge in [0.05, 0.1) is 11.7 Å². The van der Waals surface area contributed by atoms with Gasteiger partial charge in [0.25, 0.3) is 0 Å². The zero-order chi connectivity index (χ0) is 13.1. The molecule has 0 aliphatic carbocycles. The largest absolute Gasteiger partial charge is 0.361 e. The topological polar surface area (TPSA) is 63.8 Å². The molecule has 0 spiro atoms. The zero-order valence-corrected chi connectivity index (χ0v) is 12.0. The first kappa shape index (κ1) is 13.0. The van der Waals surface area contributed by atoms with Gasteiger partial charge in [0.1, 0.15) is 11.6 Å². The lowest BCUT2D eigenvalue weighted by atomic mass is 10.1. The van der Waals surface area contributed by atoms with Crippen molar-refractivity contribution >= 4 is 16.7 Å². The number of nitrogens with one attached hydrogen (secondary N) is 1. The minimum absolute atomic E-state index is 0.124. The lowest BCUT2D eigenvalue weighted by Gasteiger charge is -2.11. The molecule has 0 amide bonds. The number of rotatable bonds is 5. The molecule has 5 nitrogen and oxygen atoms in total. The van der Waals surface area contributed by atoms with Crippen molar-refractivity contribution in [2.45, 2.75) is 46.6 Å². The second-order valence-electron chi connectivity index (χ2n) is 4.37. The molecular formula is C12H18N4OS. The van der Waals surface area contributed by atoms with Gasteiger partial charge < -0.3 is 9.84 Å². The van der Waals surface area contributed by atoms with Crippen LogP contribution in [0.4, 0.5) is 5.13 Å². The molecular weight excluding hydrogens is 248 g/mol. The molecule has 0 aliphatic rings. The third-order valence-corrected chi connectivity index (χ3v) is 3.49. The second kappa shape index (κ2) is 5.48. The Kier molecular flexibility index (Phi) is 3.96. The highest BCUT2D eigenvalue weighted by Gasteiger charge is 2.17. The Balaban J connectivity index is 2.08. The summed E-state index contributed by atoms with van der Waals surface area (Å²) in [7, 11) is 0. The van der Waals surface area contributed by atoms with Gasteiger partial charge in [-0.1, -0.05) is 12.1 Å². The lowest BCUT2D eigenvalue weighted by molar-refractivity contribution is 0.392. The maximum Gasteiger partial charge on any atom is 0.203 e. The molecule has 2 aromatic rings. The summed E-state index contributed by atoms with van der Waals surface area (Å²) in [6.45, 7) is 8.08. The van der Waals surface area contributed by atoms with Crippen LogP contribution < -0.4 is 5.32 Å². The zero-order valence-electron chi connectivity index (χ0n) is 11.1. The molecule has 6 heteroatoms. The fraction of sp³-hybridized carbons (Fsp3) is 0.583. The lowest BCUT2D eigenvalue weighted by Crippen LogP contribution is -2.08. The fourth-order valence-electron chi connectivity index (χ4n) is 2.00. The van der Waals surface area contributed by atoms with Crippen molar-refractivity contribution in [3.8, 4) is 0 Å². The Labute approximate surface area is 111 Å². The van der Waals surface area contributed by atoms with Gasteiger partial charge in [-0.05, 0) is 27.2 Å². The van der Waals surface area contributed by atoms with E-state index in [1.165, 1.54) is 11.5 Å². The highest BCUT2D eigenvalue weighted by molar-refractivity contribution is 7.09. The smallest absolute Gasteiger partial charge is 0.203 e. The number of aromatic nitrogens is 3. The van der Waals surface area contributed by atoms with Crippen LogP contribution in [0.3, 0.4) is 0 Å². The first-order valence-electron chi connectivity index (χ1n) is 6.13. The van der Waals surface area contributed by atoms with Gasteiger partial charge in [0.15, 0.2) is 0 Å². The van der Waals surface area contributed by atoms with E-state index in [2.05, 4.69) is 33.7 Å². The third-order valence-electron chi connectivity index (χ3n) is 2.80. The van der Waals surface area contributed by atoms with E-state index in [-0.39, 0.29) is 6.04 Å². The van der Waals surface area contributed by atoms with E-state index in [1.54, 1.807) is 0 Å². The first-order chi connectivity index (χ1) is 8.61. The molecule has 0 aliphatic heterocycles. The molecule has 1 atom stereocenters. The summed E-state index contributed by atoms with van der Waals surface area (Å²) in [4.78, 5) is 4.45. The Morgan fingerprint density at radius 1 is 1.39 bits per heavy atom.